The van der Waals surface area contributed by atoms with Crippen molar-refractivity contribution in [2.75, 3.05) is 56.2 Å². The number of anilines is 2. The van der Waals surface area contributed by atoms with Gasteiger partial charge in [-0.2, -0.15) is 0 Å². The first-order valence-corrected chi connectivity index (χ1v) is 18.0. The number of rotatable bonds is 15. The van der Waals surface area contributed by atoms with Crippen LogP contribution < -0.4 is 10.2 Å². The molecule has 2 N–H and O–H groups in total. The number of unbranched alkanes of at least 4 members (excludes halogenated alkanes) is 2. The summed E-state index contributed by atoms with van der Waals surface area (Å²) in [5.74, 6) is -0.652. The summed E-state index contributed by atoms with van der Waals surface area (Å²) in [7, 11) is 0.204. The first-order valence-electron chi connectivity index (χ1n) is 16.4. The Kier molecular flexibility index (Phi) is 12.3. The summed E-state index contributed by atoms with van der Waals surface area (Å²) in [6.07, 6.45) is 4.35. The van der Waals surface area contributed by atoms with E-state index in [2.05, 4.69) is 33.0 Å². The maximum atomic E-state index is 13.9. The predicted molar refractivity (Wildman–Crippen MR) is 179 cm³/mol. The summed E-state index contributed by atoms with van der Waals surface area (Å²) in [5, 5.41) is 15.3. The van der Waals surface area contributed by atoms with Gasteiger partial charge >= 0.3 is 0 Å². The Labute approximate surface area is 261 Å². The normalized spacial score (nSPS) is 21.6. The number of carbonyl (C=O) groups excluding carboxylic acids is 1. The van der Waals surface area contributed by atoms with Crippen LogP contribution in [0.4, 0.5) is 11.4 Å². The Balaban J connectivity index is 1.95. The smallest absolute Gasteiger partial charge is 0.224 e. The fourth-order valence-electron chi connectivity index (χ4n) is 6.92. The van der Waals surface area contributed by atoms with Crippen LogP contribution in [0.3, 0.4) is 0 Å². The van der Waals surface area contributed by atoms with Crippen LogP contribution >= 0.6 is 0 Å². The average molecular weight is 615 g/mol. The van der Waals surface area contributed by atoms with E-state index in [-0.39, 0.29) is 11.7 Å². The Bertz CT molecular complexity index is 1310. The number of hydrogen-bond acceptors (Lipinski definition) is 5. The van der Waals surface area contributed by atoms with E-state index in [1.807, 2.05) is 62.3 Å². The summed E-state index contributed by atoms with van der Waals surface area (Å²) >= 11 is 0. The zero-order valence-electron chi connectivity index (χ0n) is 27.7. The highest BCUT2D eigenvalue weighted by Crippen LogP contribution is 2.49. The third-order valence-corrected chi connectivity index (χ3v) is 12.2. The SMILES string of the molecule is CCCC[C@@]1(CC)CS(=O)(=O)c2ccc(N(C)C)cc2[C@H](c2cccc(NC(=O)CCCC[N+](CC)(CC)CC)c2)[C@@H]1O. The molecule has 8 heteroatoms. The number of aliphatic hydroxyl groups excluding tert-OH is 1. The van der Waals surface area contributed by atoms with Gasteiger partial charge in [0.15, 0.2) is 9.84 Å². The molecule has 1 amide bonds. The zero-order valence-corrected chi connectivity index (χ0v) is 28.5. The minimum Gasteiger partial charge on any atom is -0.392 e. The van der Waals surface area contributed by atoms with Crippen molar-refractivity contribution in [3.05, 3.63) is 53.6 Å². The molecule has 0 aliphatic carbocycles. The van der Waals surface area contributed by atoms with Crippen molar-refractivity contribution in [2.45, 2.75) is 96.5 Å². The quantitative estimate of drug-likeness (QED) is 0.174. The second-order valence-corrected chi connectivity index (χ2v) is 14.7. The molecule has 1 heterocycles. The largest absolute Gasteiger partial charge is 0.392 e. The lowest BCUT2D eigenvalue weighted by Gasteiger charge is -2.39. The highest BCUT2D eigenvalue weighted by atomic mass is 32.2. The van der Waals surface area contributed by atoms with Gasteiger partial charge in [0.1, 0.15) is 0 Å². The summed E-state index contributed by atoms with van der Waals surface area (Å²) in [6, 6.07) is 13.1. The molecule has 3 rings (SSSR count). The topological polar surface area (TPSA) is 86.7 Å². The van der Waals surface area contributed by atoms with Gasteiger partial charge in [0, 0.05) is 43.2 Å². The molecule has 2 aromatic rings. The monoisotopic (exact) mass is 614 g/mol. The Hall–Kier alpha value is -2.42. The van der Waals surface area contributed by atoms with E-state index in [1.54, 1.807) is 6.07 Å². The number of benzene rings is 2. The number of hydrogen-bond donors (Lipinski definition) is 2. The number of nitrogens with zero attached hydrogens (tertiary/aromatic N) is 2. The molecule has 43 heavy (non-hydrogen) atoms. The van der Waals surface area contributed by atoms with E-state index in [0.29, 0.717) is 35.4 Å². The predicted octanol–water partition coefficient (Wildman–Crippen LogP) is 6.60. The van der Waals surface area contributed by atoms with Crippen molar-refractivity contribution in [2.24, 2.45) is 5.41 Å². The molecule has 3 atom stereocenters. The molecular weight excluding hydrogens is 558 g/mol. The Morgan fingerprint density at radius 3 is 2.30 bits per heavy atom. The summed E-state index contributed by atoms with van der Waals surface area (Å²) in [4.78, 5) is 15.2. The number of fused-ring (bicyclic) bond motifs is 1. The van der Waals surface area contributed by atoms with Crippen molar-refractivity contribution in [1.82, 2.24) is 0 Å². The Morgan fingerprint density at radius 2 is 1.70 bits per heavy atom. The Morgan fingerprint density at radius 1 is 1.00 bits per heavy atom. The number of sulfone groups is 1. The van der Waals surface area contributed by atoms with E-state index < -0.39 is 27.3 Å². The third-order valence-electron chi connectivity index (χ3n) is 10.2. The summed E-state index contributed by atoms with van der Waals surface area (Å²) < 4.78 is 28.9. The van der Waals surface area contributed by atoms with Gasteiger partial charge < -0.3 is 19.8 Å². The number of aliphatic hydroxyl groups is 1. The number of amides is 1. The zero-order chi connectivity index (χ0) is 31.8. The van der Waals surface area contributed by atoms with E-state index in [1.165, 1.54) is 0 Å². The van der Waals surface area contributed by atoms with Crippen molar-refractivity contribution >= 4 is 27.1 Å². The van der Waals surface area contributed by atoms with Crippen molar-refractivity contribution in [1.29, 1.82) is 0 Å². The van der Waals surface area contributed by atoms with Crippen LogP contribution in [-0.2, 0) is 14.6 Å². The molecule has 0 fully saturated rings. The van der Waals surface area contributed by atoms with Crippen molar-refractivity contribution in [3.8, 4) is 0 Å². The molecule has 240 valence electrons. The van der Waals surface area contributed by atoms with Gasteiger partial charge in [-0.3, -0.25) is 4.79 Å². The van der Waals surface area contributed by atoms with Crippen LogP contribution in [0.1, 0.15) is 96.6 Å². The highest BCUT2D eigenvalue weighted by Gasteiger charge is 2.49. The average Bonchev–Trinajstić information content (AvgIpc) is 3.06. The molecule has 0 spiro atoms. The third kappa shape index (κ3) is 8.00. The number of nitrogens with one attached hydrogen (secondary N) is 1. The molecule has 7 nitrogen and oxygen atoms in total. The fourth-order valence-corrected chi connectivity index (χ4v) is 9.17. The van der Waals surface area contributed by atoms with Gasteiger partial charge in [0.2, 0.25) is 5.91 Å². The van der Waals surface area contributed by atoms with Crippen molar-refractivity contribution in [3.63, 3.8) is 0 Å². The molecule has 1 aliphatic heterocycles. The van der Waals surface area contributed by atoms with Crippen LogP contribution in [0.15, 0.2) is 47.4 Å². The lowest BCUT2D eigenvalue weighted by molar-refractivity contribution is -0.923. The molecule has 0 saturated heterocycles. The minimum atomic E-state index is -3.65. The van der Waals surface area contributed by atoms with Crippen LogP contribution in [0.25, 0.3) is 0 Å². The lowest BCUT2D eigenvalue weighted by Crippen LogP contribution is -2.48. The van der Waals surface area contributed by atoms with Crippen LogP contribution in [0.5, 0.6) is 0 Å². The van der Waals surface area contributed by atoms with Gasteiger partial charge in [-0.1, -0.05) is 38.8 Å². The molecule has 1 aliphatic rings. The maximum absolute atomic E-state index is 13.9. The van der Waals surface area contributed by atoms with Crippen LogP contribution in [-0.4, -0.2) is 76.0 Å². The van der Waals surface area contributed by atoms with Gasteiger partial charge in [0.25, 0.3) is 0 Å². The highest BCUT2D eigenvalue weighted by molar-refractivity contribution is 7.91. The second-order valence-electron chi connectivity index (χ2n) is 12.8. The first kappa shape index (κ1) is 35.1. The first-order chi connectivity index (χ1) is 20.4. The van der Waals surface area contributed by atoms with E-state index in [4.69, 9.17) is 0 Å². The molecule has 0 bridgehead atoms. The molecule has 0 radical (unpaired) electrons. The lowest BCUT2D eigenvalue weighted by atomic mass is 9.69. The number of quaternary nitrogens is 1. The molecular formula is C35H56N3O4S+. The molecule has 2 aromatic carbocycles. The molecule has 0 unspecified atom stereocenters. The minimum absolute atomic E-state index is 0.0233. The summed E-state index contributed by atoms with van der Waals surface area (Å²) in [6.45, 7) is 15.2. The van der Waals surface area contributed by atoms with Crippen molar-refractivity contribution < 1.29 is 22.8 Å². The van der Waals surface area contributed by atoms with E-state index in [0.717, 1.165) is 67.6 Å². The van der Waals surface area contributed by atoms with E-state index >= 15 is 0 Å². The molecule has 0 saturated carbocycles. The van der Waals surface area contributed by atoms with Gasteiger partial charge in [0.05, 0.1) is 42.9 Å². The van der Waals surface area contributed by atoms with E-state index in [9.17, 15) is 18.3 Å². The van der Waals surface area contributed by atoms with Gasteiger partial charge in [-0.05, 0) is 87.9 Å². The summed E-state index contributed by atoms with van der Waals surface area (Å²) in [5.41, 5.74) is 2.20. The van der Waals surface area contributed by atoms with Crippen LogP contribution in [0, 0.1) is 5.41 Å². The second kappa shape index (κ2) is 15.0. The fraction of sp³-hybridized carbons (Fsp3) is 0.629. The standard InChI is InChI=1S/C35H55N3O4S/c1-8-13-22-35(9-2)26-43(41,42)31-21-20-29(37(6)7)25-30(31)33(34(35)40)27-17-16-18-28(24-27)36-32(39)19-14-15-23-38(10-3,11-4)12-5/h16-18,20-21,24-25,33-34,40H,8-15,19,22-23,26H2,1-7H3/p+1/t33-,34-,35-/m0/s1. The van der Waals surface area contributed by atoms with Gasteiger partial charge in [-0.15, -0.1) is 0 Å². The maximum Gasteiger partial charge on any atom is 0.224 e. The number of carbonyl (C=O) groups is 1. The van der Waals surface area contributed by atoms with Crippen LogP contribution in [0.2, 0.25) is 0 Å². The molecule has 0 aromatic heterocycles. The van der Waals surface area contributed by atoms with Gasteiger partial charge in [-0.25, -0.2) is 8.42 Å².